The van der Waals surface area contributed by atoms with Gasteiger partial charge in [-0.05, 0) is 31.3 Å². The Bertz CT molecular complexity index is 691. The highest BCUT2D eigenvalue weighted by Crippen LogP contribution is 2.26. The fourth-order valence-corrected chi connectivity index (χ4v) is 2.36. The Balaban J connectivity index is 2.12. The summed E-state index contributed by atoms with van der Waals surface area (Å²) in [6, 6.07) is 0. The highest BCUT2D eigenvalue weighted by atomic mass is 16.3. The molecule has 0 aliphatic carbocycles. The van der Waals surface area contributed by atoms with Crippen LogP contribution >= 0.6 is 0 Å². The largest absolute Gasteiger partial charge is 0.394 e. The zero-order valence-corrected chi connectivity index (χ0v) is 13.0. The number of aliphatic hydroxyl groups is 3. The predicted octanol–water partition coefficient (Wildman–Crippen LogP) is -4.20. The zero-order chi connectivity index (χ0) is 17.6. The van der Waals surface area contributed by atoms with Gasteiger partial charge in [0, 0.05) is 0 Å². The molecule has 0 saturated carbocycles. The lowest BCUT2D eigenvalue weighted by atomic mass is 10.1. The van der Waals surface area contributed by atoms with Crippen molar-refractivity contribution >= 4 is 0 Å². The SMILES string of the molecule is OCCn1nnnc1C(c1nnnn1CCO)c1nnnn1CCO. The molecule has 15 heteroatoms. The lowest BCUT2D eigenvalue weighted by Crippen LogP contribution is -2.23. The van der Waals surface area contributed by atoms with E-state index < -0.39 is 5.92 Å². The summed E-state index contributed by atoms with van der Waals surface area (Å²) in [5.74, 6) is 0.190. The Kier molecular flexibility index (Phi) is 5.26. The Labute approximate surface area is 139 Å². The number of hydrogen-bond donors (Lipinski definition) is 3. The molecule has 134 valence electrons. The van der Waals surface area contributed by atoms with Gasteiger partial charge in [0.25, 0.3) is 0 Å². The van der Waals surface area contributed by atoms with Gasteiger partial charge >= 0.3 is 0 Å². The van der Waals surface area contributed by atoms with Gasteiger partial charge in [-0.15, -0.1) is 15.3 Å². The van der Waals surface area contributed by atoms with E-state index in [9.17, 15) is 15.3 Å². The van der Waals surface area contributed by atoms with Crippen molar-refractivity contribution in [1.29, 1.82) is 0 Å². The molecule has 3 rings (SSSR count). The van der Waals surface area contributed by atoms with Crippen LogP contribution in [0.5, 0.6) is 0 Å². The molecule has 0 saturated heterocycles. The van der Waals surface area contributed by atoms with Crippen molar-refractivity contribution in [2.75, 3.05) is 19.8 Å². The van der Waals surface area contributed by atoms with Gasteiger partial charge in [-0.25, -0.2) is 14.0 Å². The third-order valence-corrected chi connectivity index (χ3v) is 3.39. The molecule has 25 heavy (non-hydrogen) atoms. The van der Waals surface area contributed by atoms with Gasteiger partial charge in [-0.2, -0.15) is 0 Å². The number of hydrogen-bond acceptors (Lipinski definition) is 12. The van der Waals surface area contributed by atoms with Crippen molar-refractivity contribution in [3.8, 4) is 0 Å². The van der Waals surface area contributed by atoms with Gasteiger partial charge in [0.15, 0.2) is 17.5 Å². The smallest absolute Gasteiger partial charge is 0.169 e. The molecular formula is C10H16N12O3. The van der Waals surface area contributed by atoms with Crippen molar-refractivity contribution in [2.24, 2.45) is 0 Å². The van der Waals surface area contributed by atoms with E-state index in [0.717, 1.165) is 0 Å². The molecule has 0 aliphatic rings. The maximum absolute atomic E-state index is 9.21. The van der Waals surface area contributed by atoms with E-state index in [1.165, 1.54) is 14.0 Å². The van der Waals surface area contributed by atoms with Crippen LogP contribution in [-0.4, -0.2) is 95.8 Å². The number of nitrogens with zero attached hydrogens (tertiary/aromatic N) is 12. The average Bonchev–Trinajstić information content (AvgIpc) is 3.33. The topological polar surface area (TPSA) is 191 Å². The molecule has 0 bridgehead atoms. The minimum Gasteiger partial charge on any atom is -0.394 e. The minimum absolute atomic E-state index is 0.155. The monoisotopic (exact) mass is 352 g/mol. The molecule has 0 atom stereocenters. The summed E-state index contributed by atoms with van der Waals surface area (Å²) in [4.78, 5) is 0. The zero-order valence-electron chi connectivity index (χ0n) is 13.0. The molecule has 0 amide bonds. The van der Waals surface area contributed by atoms with Crippen molar-refractivity contribution in [3.63, 3.8) is 0 Å². The van der Waals surface area contributed by atoms with E-state index in [2.05, 4.69) is 46.6 Å². The summed E-state index contributed by atoms with van der Waals surface area (Å²) >= 11 is 0. The Hall–Kier alpha value is -2.91. The normalized spacial score (nSPS) is 11.5. The average molecular weight is 352 g/mol. The van der Waals surface area contributed by atoms with Crippen LogP contribution in [0.2, 0.25) is 0 Å². The first-order chi connectivity index (χ1) is 12.3. The molecule has 0 unspecified atom stereocenters. The van der Waals surface area contributed by atoms with Gasteiger partial charge < -0.3 is 15.3 Å². The molecule has 0 fully saturated rings. The van der Waals surface area contributed by atoms with Crippen LogP contribution in [0.15, 0.2) is 0 Å². The third-order valence-electron chi connectivity index (χ3n) is 3.39. The standard InChI is InChI=1S/C10H16N12O3/c23-4-1-20-8(11-14-17-20)7(9-12-15-18-21(9)2-5-24)10-13-16-19-22(10)3-6-25/h7,23-25H,1-6H2. The molecule has 3 aromatic rings. The molecule has 3 heterocycles. The molecule has 3 aromatic heterocycles. The fraction of sp³-hybridized carbons (Fsp3) is 0.700. The highest BCUT2D eigenvalue weighted by Gasteiger charge is 2.33. The van der Waals surface area contributed by atoms with E-state index in [1.54, 1.807) is 0 Å². The molecule has 0 aliphatic heterocycles. The second-order valence-corrected chi connectivity index (χ2v) is 4.88. The summed E-state index contributed by atoms with van der Waals surface area (Å²) in [6.07, 6.45) is 0. The van der Waals surface area contributed by atoms with Crippen molar-refractivity contribution in [3.05, 3.63) is 17.5 Å². The molecule has 0 radical (unpaired) electrons. The Morgan fingerprint density at radius 1 is 0.600 bits per heavy atom. The number of rotatable bonds is 9. The van der Waals surface area contributed by atoms with E-state index in [0.29, 0.717) is 17.5 Å². The van der Waals surface area contributed by atoms with Crippen LogP contribution in [0, 0.1) is 0 Å². The summed E-state index contributed by atoms with van der Waals surface area (Å²) in [6.45, 7) is -0.0539. The number of tetrazole rings is 3. The summed E-state index contributed by atoms with van der Waals surface area (Å²) < 4.78 is 4.17. The predicted molar refractivity (Wildman–Crippen MR) is 75.7 cm³/mol. The molecule has 0 aromatic carbocycles. The first-order valence-electron chi connectivity index (χ1n) is 7.41. The maximum Gasteiger partial charge on any atom is 0.169 e. The second kappa shape index (κ2) is 7.77. The molecule has 15 nitrogen and oxygen atoms in total. The maximum atomic E-state index is 9.21. The third kappa shape index (κ3) is 3.32. The number of aromatic nitrogens is 12. The summed E-state index contributed by atoms with van der Waals surface area (Å²) in [7, 11) is 0. The van der Waals surface area contributed by atoms with E-state index in [1.807, 2.05) is 0 Å². The van der Waals surface area contributed by atoms with Gasteiger partial charge in [-0.1, -0.05) is 0 Å². The van der Waals surface area contributed by atoms with Crippen LogP contribution in [-0.2, 0) is 19.6 Å². The summed E-state index contributed by atoms with van der Waals surface area (Å²) in [5, 5.41) is 62.0. The summed E-state index contributed by atoms with van der Waals surface area (Å²) in [5.41, 5.74) is 0. The van der Waals surface area contributed by atoms with Crippen molar-refractivity contribution in [1.82, 2.24) is 60.6 Å². The quantitative estimate of drug-likeness (QED) is 0.337. The van der Waals surface area contributed by atoms with Crippen LogP contribution in [0.1, 0.15) is 23.4 Å². The van der Waals surface area contributed by atoms with Crippen LogP contribution in [0.3, 0.4) is 0 Å². The Morgan fingerprint density at radius 2 is 0.920 bits per heavy atom. The molecular weight excluding hydrogens is 336 g/mol. The lowest BCUT2D eigenvalue weighted by molar-refractivity contribution is 0.259. The van der Waals surface area contributed by atoms with E-state index >= 15 is 0 Å². The van der Waals surface area contributed by atoms with Gasteiger partial charge in [0.1, 0.15) is 5.92 Å². The van der Waals surface area contributed by atoms with Crippen molar-refractivity contribution in [2.45, 2.75) is 25.6 Å². The van der Waals surface area contributed by atoms with E-state index in [4.69, 9.17) is 0 Å². The minimum atomic E-state index is -0.760. The van der Waals surface area contributed by atoms with Crippen LogP contribution in [0.4, 0.5) is 0 Å². The van der Waals surface area contributed by atoms with Crippen molar-refractivity contribution < 1.29 is 15.3 Å². The second-order valence-electron chi connectivity index (χ2n) is 4.88. The van der Waals surface area contributed by atoms with Crippen LogP contribution < -0.4 is 0 Å². The fourth-order valence-electron chi connectivity index (χ4n) is 2.36. The van der Waals surface area contributed by atoms with Crippen LogP contribution in [0.25, 0.3) is 0 Å². The van der Waals surface area contributed by atoms with Gasteiger partial charge in [0.2, 0.25) is 0 Å². The van der Waals surface area contributed by atoms with Gasteiger partial charge in [-0.3, -0.25) is 0 Å². The number of aliphatic hydroxyl groups excluding tert-OH is 3. The lowest BCUT2D eigenvalue weighted by Gasteiger charge is -2.15. The first kappa shape index (κ1) is 16.9. The highest BCUT2D eigenvalue weighted by molar-refractivity contribution is 5.21. The van der Waals surface area contributed by atoms with Gasteiger partial charge in [0.05, 0.1) is 39.5 Å². The molecule has 0 spiro atoms. The molecule has 3 N–H and O–H groups in total. The first-order valence-corrected chi connectivity index (χ1v) is 7.41. The van der Waals surface area contributed by atoms with E-state index in [-0.39, 0.29) is 39.5 Å². The Morgan fingerprint density at radius 3 is 1.20 bits per heavy atom.